The van der Waals surface area contributed by atoms with Crippen LogP contribution in [0.25, 0.3) is 0 Å². The highest BCUT2D eigenvalue weighted by molar-refractivity contribution is 8.13. The zero-order valence-corrected chi connectivity index (χ0v) is 10.1. The molecule has 4 heteroatoms. The van der Waals surface area contributed by atoms with Crippen molar-refractivity contribution in [3.63, 3.8) is 0 Å². The number of hydrogen-bond donors (Lipinski definition) is 1. The van der Waals surface area contributed by atoms with Crippen LogP contribution in [0.1, 0.15) is 20.8 Å². The van der Waals surface area contributed by atoms with Gasteiger partial charge in [0.25, 0.3) is 0 Å². The van der Waals surface area contributed by atoms with E-state index in [1.165, 1.54) is 0 Å². The van der Waals surface area contributed by atoms with E-state index in [1.54, 1.807) is 0 Å². The summed E-state index contributed by atoms with van der Waals surface area (Å²) in [5.74, 6) is 1.15. The van der Waals surface area contributed by atoms with E-state index in [1.807, 2.05) is 18.7 Å². The van der Waals surface area contributed by atoms with Crippen molar-refractivity contribution in [2.75, 3.05) is 32.1 Å². The molecule has 1 heterocycles. The molecule has 0 aliphatic carbocycles. The van der Waals surface area contributed by atoms with Crippen molar-refractivity contribution in [3.8, 4) is 0 Å². The van der Waals surface area contributed by atoms with Crippen LogP contribution < -0.4 is 5.32 Å². The summed E-state index contributed by atoms with van der Waals surface area (Å²) in [6, 6.07) is 0. The van der Waals surface area contributed by atoms with Gasteiger partial charge in [-0.1, -0.05) is 25.6 Å². The van der Waals surface area contributed by atoms with Gasteiger partial charge in [-0.3, -0.25) is 4.99 Å². The Morgan fingerprint density at radius 1 is 1.57 bits per heavy atom. The maximum absolute atomic E-state index is 5.24. The summed E-state index contributed by atoms with van der Waals surface area (Å²) in [5, 5.41) is 4.36. The molecule has 1 aliphatic rings. The fourth-order valence-electron chi connectivity index (χ4n) is 1.12. The molecule has 3 nitrogen and oxygen atoms in total. The van der Waals surface area contributed by atoms with Crippen molar-refractivity contribution in [3.05, 3.63) is 0 Å². The zero-order chi connectivity index (χ0) is 10.4. The summed E-state index contributed by atoms with van der Waals surface area (Å²) >= 11 is 1.81. The van der Waals surface area contributed by atoms with E-state index in [-0.39, 0.29) is 0 Å². The second-order valence-electron chi connectivity index (χ2n) is 4.20. The Morgan fingerprint density at radius 2 is 2.36 bits per heavy atom. The molecular weight excluding hydrogens is 196 g/mol. The first-order valence-corrected chi connectivity index (χ1v) is 6.11. The number of nitrogens with one attached hydrogen (secondary N) is 1. The maximum Gasteiger partial charge on any atom is 0.156 e. The molecule has 0 radical (unpaired) electrons. The highest BCUT2D eigenvalue weighted by atomic mass is 32.2. The van der Waals surface area contributed by atoms with Crippen molar-refractivity contribution >= 4 is 16.9 Å². The molecule has 0 bridgehead atoms. The number of amidine groups is 1. The number of aliphatic imine (C=N–C) groups is 1. The molecular formula is C10H20N2OS. The second kappa shape index (κ2) is 5.61. The van der Waals surface area contributed by atoms with Crippen molar-refractivity contribution < 1.29 is 4.74 Å². The molecule has 0 amide bonds. The van der Waals surface area contributed by atoms with Crippen LogP contribution in [0.5, 0.6) is 0 Å². The zero-order valence-electron chi connectivity index (χ0n) is 9.30. The normalized spacial score (nSPS) is 20.4. The first kappa shape index (κ1) is 11.9. The van der Waals surface area contributed by atoms with Crippen LogP contribution in [-0.2, 0) is 4.74 Å². The van der Waals surface area contributed by atoms with Gasteiger partial charge < -0.3 is 10.1 Å². The Morgan fingerprint density at radius 3 is 2.93 bits per heavy atom. The Balaban J connectivity index is 2.17. The quantitative estimate of drug-likeness (QED) is 0.727. The van der Waals surface area contributed by atoms with Gasteiger partial charge >= 0.3 is 0 Å². The summed E-state index contributed by atoms with van der Waals surface area (Å²) < 4.78 is 5.24. The number of ether oxygens (including phenoxy) is 1. The van der Waals surface area contributed by atoms with E-state index in [0.29, 0.717) is 5.41 Å². The first-order valence-electron chi connectivity index (χ1n) is 5.13. The molecule has 0 aromatic heterocycles. The third-order valence-corrected chi connectivity index (χ3v) is 3.45. The average molecular weight is 216 g/mol. The minimum absolute atomic E-state index is 0.357. The number of thioether (sulfide) groups is 1. The predicted octanol–water partition coefficient (Wildman–Crippen LogP) is 1.74. The third-order valence-electron chi connectivity index (χ3n) is 1.98. The average Bonchev–Trinajstić information content (AvgIpc) is 2.15. The van der Waals surface area contributed by atoms with Gasteiger partial charge in [0.2, 0.25) is 0 Å². The molecule has 82 valence electrons. The lowest BCUT2D eigenvalue weighted by molar-refractivity contribution is 0.152. The Bertz CT molecular complexity index is 204. The summed E-state index contributed by atoms with van der Waals surface area (Å²) in [4.78, 5) is 4.49. The van der Waals surface area contributed by atoms with Gasteiger partial charge in [-0.2, -0.15) is 0 Å². The first-order chi connectivity index (χ1) is 6.64. The molecule has 0 spiro atoms. The van der Waals surface area contributed by atoms with E-state index in [4.69, 9.17) is 4.74 Å². The monoisotopic (exact) mass is 216 g/mol. The van der Waals surface area contributed by atoms with Gasteiger partial charge in [0.05, 0.1) is 6.61 Å². The van der Waals surface area contributed by atoms with E-state index < -0.39 is 0 Å². The lowest BCUT2D eigenvalue weighted by atomic mass is 9.97. The summed E-state index contributed by atoms with van der Waals surface area (Å²) in [6.45, 7) is 9.85. The summed E-state index contributed by atoms with van der Waals surface area (Å²) in [5.41, 5.74) is 0.357. The highest BCUT2D eigenvalue weighted by Gasteiger charge is 2.22. The van der Waals surface area contributed by atoms with E-state index in [9.17, 15) is 0 Å². The fourth-order valence-corrected chi connectivity index (χ4v) is 2.10. The smallest absolute Gasteiger partial charge is 0.156 e. The summed E-state index contributed by atoms with van der Waals surface area (Å²) in [7, 11) is 0. The number of rotatable bonds is 4. The molecule has 0 unspecified atom stereocenters. The molecule has 0 atom stereocenters. The summed E-state index contributed by atoms with van der Waals surface area (Å²) in [6.07, 6.45) is 0. The molecule has 1 N–H and O–H groups in total. The topological polar surface area (TPSA) is 33.6 Å². The number of hydrogen-bond acceptors (Lipinski definition) is 4. The molecule has 0 saturated heterocycles. The predicted molar refractivity (Wildman–Crippen MR) is 63.0 cm³/mol. The van der Waals surface area contributed by atoms with E-state index in [2.05, 4.69) is 24.2 Å². The van der Waals surface area contributed by atoms with Gasteiger partial charge in [-0.25, -0.2) is 0 Å². The maximum atomic E-state index is 5.24. The van der Waals surface area contributed by atoms with Crippen LogP contribution >= 0.6 is 11.8 Å². The minimum atomic E-state index is 0.357. The molecule has 1 aliphatic heterocycles. The van der Waals surface area contributed by atoms with Gasteiger partial charge in [0.15, 0.2) is 5.17 Å². The van der Waals surface area contributed by atoms with Crippen LogP contribution in [0.3, 0.4) is 0 Å². The van der Waals surface area contributed by atoms with Crippen LogP contribution in [0.4, 0.5) is 0 Å². The largest absolute Gasteiger partial charge is 0.380 e. The van der Waals surface area contributed by atoms with Crippen LogP contribution in [0, 0.1) is 5.41 Å². The SMILES string of the molecule is CCOCCNC1=NCC(C)(C)CS1. The molecule has 1 rings (SSSR count). The Hall–Kier alpha value is -0.220. The second-order valence-corrected chi connectivity index (χ2v) is 5.16. The molecule has 14 heavy (non-hydrogen) atoms. The lowest BCUT2D eigenvalue weighted by Crippen LogP contribution is -2.32. The standard InChI is InChI=1S/C10H20N2OS/c1-4-13-6-5-11-9-12-7-10(2,3)8-14-9/h4-8H2,1-3H3,(H,11,12). The fraction of sp³-hybridized carbons (Fsp3) is 0.900. The Kier molecular flexibility index (Phi) is 4.75. The van der Waals surface area contributed by atoms with Crippen molar-refractivity contribution in [1.82, 2.24) is 5.32 Å². The van der Waals surface area contributed by atoms with Crippen molar-refractivity contribution in [2.45, 2.75) is 20.8 Å². The van der Waals surface area contributed by atoms with Crippen molar-refractivity contribution in [1.29, 1.82) is 0 Å². The molecule has 0 aromatic rings. The van der Waals surface area contributed by atoms with Crippen LogP contribution in [0.15, 0.2) is 4.99 Å². The number of nitrogens with zero attached hydrogens (tertiary/aromatic N) is 1. The molecule has 0 aromatic carbocycles. The van der Waals surface area contributed by atoms with Crippen molar-refractivity contribution in [2.24, 2.45) is 10.4 Å². The van der Waals surface area contributed by atoms with Gasteiger partial charge in [-0.05, 0) is 12.3 Å². The van der Waals surface area contributed by atoms with Gasteiger partial charge in [0.1, 0.15) is 0 Å². The molecule has 0 fully saturated rings. The lowest BCUT2D eigenvalue weighted by Gasteiger charge is -2.27. The van der Waals surface area contributed by atoms with Gasteiger partial charge in [0, 0.05) is 25.4 Å². The van der Waals surface area contributed by atoms with E-state index >= 15 is 0 Å². The van der Waals surface area contributed by atoms with Crippen LogP contribution in [-0.4, -0.2) is 37.2 Å². The molecule has 0 saturated carbocycles. The Labute approximate surface area is 90.7 Å². The highest BCUT2D eigenvalue weighted by Crippen LogP contribution is 2.26. The van der Waals surface area contributed by atoms with Gasteiger partial charge in [-0.15, -0.1) is 0 Å². The third kappa shape index (κ3) is 4.33. The van der Waals surface area contributed by atoms with Crippen LogP contribution in [0.2, 0.25) is 0 Å². The van der Waals surface area contributed by atoms with E-state index in [0.717, 1.165) is 37.2 Å². The minimum Gasteiger partial charge on any atom is -0.380 e.